The van der Waals surface area contributed by atoms with Gasteiger partial charge in [-0.25, -0.2) is 0 Å². The van der Waals surface area contributed by atoms with Gasteiger partial charge in [-0.3, -0.25) is 9.59 Å². The van der Waals surface area contributed by atoms with Crippen LogP contribution < -0.4 is 10.6 Å². The Labute approximate surface area is 150 Å². The van der Waals surface area contributed by atoms with Gasteiger partial charge in [0.1, 0.15) is 0 Å². The number of benzene rings is 1. The molecule has 0 saturated carbocycles. The highest BCUT2D eigenvalue weighted by molar-refractivity contribution is 6.37. The average molecular weight is 403 g/mol. The Kier molecular flexibility index (Phi) is 4.68. The van der Waals surface area contributed by atoms with Crippen LogP contribution in [0.3, 0.4) is 0 Å². The van der Waals surface area contributed by atoms with Gasteiger partial charge in [0.15, 0.2) is 0 Å². The smallest absolute Gasteiger partial charge is 0.318 e. The summed E-state index contributed by atoms with van der Waals surface area (Å²) in [5, 5.41) is 27.8. The second-order valence-electron chi connectivity index (χ2n) is 4.76. The van der Waals surface area contributed by atoms with Crippen molar-refractivity contribution in [3.8, 4) is 0 Å². The number of aromatic nitrogens is 8. The lowest BCUT2D eigenvalue weighted by atomic mass is 10.1. The van der Waals surface area contributed by atoms with E-state index in [-0.39, 0.29) is 5.02 Å². The van der Waals surface area contributed by atoms with Gasteiger partial charge in [-0.1, -0.05) is 11.6 Å². The van der Waals surface area contributed by atoms with Crippen molar-refractivity contribution < 1.29 is 22.8 Å². The molecule has 0 bridgehead atoms. The summed E-state index contributed by atoms with van der Waals surface area (Å²) in [4.78, 5) is 23.9. The Bertz CT molecular complexity index is 904. The van der Waals surface area contributed by atoms with Crippen LogP contribution in [0.15, 0.2) is 12.1 Å². The van der Waals surface area contributed by atoms with Crippen LogP contribution >= 0.6 is 11.6 Å². The van der Waals surface area contributed by atoms with Gasteiger partial charge in [0, 0.05) is 0 Å². The molecule has 2 heterocycles. The van der Waals surface area contributed by atoms with Crippen LogP contribution in [0.5, 0.6) is 0 Å². The fraction of sp³-hybridized carbons (Fsp3) is 0.0909. The first-order chi connectivity index (χ1) is 12.8. The molecule has 0 radical (unpaired) electrons. The molecule has 0 spiro atoms. The van der Waals surface area contributed by atoms with E-state index in [9.17, 15) is 22.8 Å². The minimum Gasteiger partial charge on any atom is -0.318 e. The highest BCUT2D eigenvalue weighted by Gasteiger charge is 2.33. The summed E-state index contributed by atoms with van der Waals surface area (Å²) in [5.41, 5.74) is -2.06. The van der Waals surface area contributed by atoms with Gasteiger partial charge in [-0.15, -0.1) is 20.4 Å². The zero-order valence-corrected chi connectivity index (χ0v) is 13.4. The maximum Gasteiger partial charge on any atom is 0.416 e. The molecule has 0 atom stereocenters. The van der Waals surface area contributed by atoms with Crippen molar-refractivity contribution in [2.24, 2.45) is 0 Å². The predicted octanol–water partition coefficient (Wildman–Crippen LogP) is 0.890. The van der Waals surface area contributed by atoms with E-state index in [0.717, 1.165) is 0 Å². The van der Waals surface area contributed by atoms with E-state index in [1.54, 1.807) is 0 Å². The normalized spacial score (nSPS) is 11.3. The van der Waals surface area contributed by atoms with Crippen molar-refractivity contribution in [3.05, 3.63) is 34.4 Å². The highest BCUT2D eigenvalue weighted by atomic mass is 35.5. The minimum atomic E-state index is -4.79. The number of carbonyl (C=O) groups is 2. The van der Waals surface area contributed by atoms with Crippen LogP contribution in [0.1, 0.15) is 26.8 Å². The number of rotatable bonds is 4. The molecule has 0 aliphatic carbocycles. The monoisotopic (exact) mass is 402 g/mol. The molecule has 2 amide bonds. The number of halogens is 4. The minimum absolute atomic E-state index is 0.378. The lowest BCUT2D eigenvalue weighted by molar-refractivity contribution is -0.137. The third-order valence-corrected chi connectivity index (χ3v) is 3.40. The summed E-state index contributed by atoms with van der Waals surface area (Å²) in [5.74, 6) is -2.80. The van der Waals surface area contributed by atoms with Gasteiger partial charge in [0.05, 0.1) is 22.0 Å². The molecule has 0 aliphatic rings. The lowest BCUT2D eigenvalue weighted by Gasteiger charge is -2.15. The summed E-state index contributed by atoms with van der Waals surface area (Å²) in [6, 6.07) is 1.18. The molecule has 0 aliphatic heterocycles. The van der Waals surface area contributed by atoms with E-state index in [2.05, 4.69) is 41.5 Å². The molecule has 3 aromatic rings. The van der Waals surface area contributed by atoms with Gasteiger partial charge in [0.25, 0.3) is 23.5 Å². The number of nitrogens with zero attached hydrogens (tertiary/aromatic N) is 6. The number of tetrazole rings is 2. The van der Waals surface area contributed by atoms with Crippen molar-refractivity contribution >= 4 is 34.8 Å². The molecule has 2 aromatic heterocycles. The number of hydrogen-bond donors (Lipinski definition) is 4. The van der Waals surface area contributed by atoms with Crippen LogP contribution in [-0.2, 0) is 6.18 Å². The maximum absolute atomic E-state index is 13.2. The quantitative estimate of drug-likeness (QED) is 0.499. The van der Waals surface area contributed by atoms with Gasteiger partial charge in [-0.05, 0) is 22.6 Å². The third-order valence-electron chi connectivity index (χ3n) is 2.99. The van der Waals surface area contributed by atoms with Crippen molar-refractivity contribution in [1.29, 1.82) is 0 Å². The Hall–Kier alpha value is -3.62. The second kappa shape index (κ2) is 6.94. The fourth-order valence-corrected chi connectivity index (χ4v) is 2.05. The molecule has 12 nitrogen and oxygen atoms in total. The van der Waals surface area contributed by atoms with Crippen molar-refractivity contribution in [3.63, 3.8) is 0 Å². The number of nitrogens with one attached hydrogen (secondary N) is 4. The van der Waals surface area contributed by atoms with E-state index in [1.165, 1.54) is 0 Å². The van der Waals surface area contributed by atoms with Crippen molar-refractivity contribution in [2.75, 3.05) is 10.6 Å². The van der Waals surface area contributed by atoms with Crippen molar-refractivity contribution in [1.82, 2.24) is 41.2 Å². The molecule has 140 valence electrons. The lowest BCUT2D eigenvalue weighted by Crippen LogP contribution is -2.18. The zero-order valence-electron chi connectivity index (χ0n) is 12.7. The summed E-state index contributed by atoms with van der Waals surface area (Å²) in [6.07, 6.45) is -4.79. The third kappa shape index (κ3) is 3.97. The Balaban J connectivity index is 1.97. The fourth-order valence-electron chi connectivity index (χ4n) is 1.84. The average Bonchev–Trinajstić information content (AvgIpc) is 3.30. The molecular formula is C11H6ClF3N10O2. The molecule has 3 rings (SSSR count). The van der Waals surface area contributed by atoms with Crippen LogP contribution in [-0.4, -0.2) is 53.1 Å². The van der Waals surface area contributed by atoms with Gasteiger partial charge >= 0.3 is 6.18 Å². The van der Waals surface area contributed by atoms with Gasteiger partial charge in [-0.2, -0.15) is 23.6 Å². The molecule has 27 heavy (non-hydrogen) atoms. The molecule has 16 heteroatoms. The first kappa shape index (κ1) is 18.2. The molecule has 1 aromatic carbocycles. The van der Waals surface area contributed by atoms with Crippen LogP contribution in [0.2, 0.25) is 5.02 Å². The Morgan fingerprint density at radius 2 is 1.37 bits per heavy atom. The number of anilines is 2. The number of alkyl halides is 3. The predicted molar refractivity (Wildman–Crippen MR) is 80.7 cm³/mol. The summed E-state index contributed by atoms with van der Waals surface area (Å²) < 4.78 is 39.5. The standard InChI is InChI=1S/C11H6ClF3N10O2/c12-6-4(16-9(26)7-18-22-23-19-7)1-3(11(13,14)15)2-5(6)17-10(27)8-20-24-25-21-8/h1-2H,(H,16,26)(H,17,27)(H,18,19,22,23)(H,20,21,24,25). The van der Waals surface area contributed by atoms with Gasteiger partial charge in [0.2, 0.25) is 0 Å². The van der Waals surface area contributed by atoms with Crippen molar-refractivity contribution in [2.45, 2.75) is 6.18 Å². The topological polar surface area (TPSA) is 167 Å². The number of aromatic amines is 2. The summed E-state index contributed by atoms with van der Waals surface area (Å²) >= 11 is 6.02. The highest BCUT2D eigenvalue weighted by Crippen LogP contribution is 2.39. The Morgan fingerprint density at radius 1 is 0.926 bits per heavy atom. The van der Waals surface area contributed by atoms with E-state index >= 15 is 0 Å². The van der Waals surface area contributed by atoms with E-state index in [0.29, 0.717) is 12.1 Å². The first-order valence-corrected chi connectivity index (χ1v) is 7.14. The number of hydrogen-bond acceptors (Lipinski definition) is 8. The largest absolute Gasteiger partial charge is 0.416 e. The van der Waals surface area contributed by atoms with E-state index in [1.807, 2.05) is 10.4 Å². The summed E-state index contributed by atoms with van der Waals surface area (Å²) in [6.45, 7) is 0. The molecular weight excluding hydrogens is 397 g/mol. The zero-order chi connectivity index (χ0) is 19.6. The van der Waals surface area contributed by atoms with E-state index in [4.69, 9.17) is 11.6 Å². The van der Waals surface area contributed by atoms with Crippen LogP contribution in [0, 0.1) is 0 Å². The number of amides is 2. The Morgan fingerprint density at radius 3 is 1.70 bits per heavy atom. The molecule has 4 N–H and O–H groups in total. The molecule has 0 saturated heterocycles. The van der Waals surface area contributed by atoms with Crippen LogP contribution in [0.4, 0.5) is 24.5 Å². The molecule has 0 fully saturated rings. The van der Waals surface area contributed by atoms with Crippen LogP contribution in [0.25, 0.3) is 0 Å². The summed E-state index contributed by atoms with van der Waals surface area (Å²) in [7, 11) is 0. The number of H-pyrrole nitrogens is 2. The first-order valence-electron chi connectivity index (χ1n) is 6.76. The number of carbonyl (C=O) groups excluding carboxylic acids is 2. The second-order valence-corrected chi connectivity index (χ2v) is 5.14. The SMILES string of the molecule is O=C(Nc1cc(C(F)(F)F)cc(NC(=O)c2nn[nH]n2)c1Cl)c1nn[nH]n1. The maximum atomic E-state index is 13.2. The van der Waals surface area contributed by atoms with E-state index < -0.39 is 46.6 Å². The molecule has 0 unspecified atom stereocenters. The van der Waals surface area contributed by atoms with Gasteiger partial charge < -0.3 is 10.6 Å².